The molecule has 4 aromatic rings. The predicted octanol–water partition coefficient (Wildman–Crippen LogP) is 4.91. The zero-order chi connectivity index (χ0) is 21.3. The number of furan rings is 1. The third-order valence-corrected chi connectivity index (χ3v) is 5.61. The van der Waals surface area contributed by atoms with Crippen molar-refractivity contribution in [3.8, 4) is 16.3 Å². The van der Waals surface area contributed by atoms with E-state index in [1.807, 2.05) is 24.3 Å². The number of hydrogen-bond donors (Lipinski definition) is 1. The van der Waals surface area contributed by atoms with Crippen LogP contribution in [0.5, 0.6) is 5.75 Å². The minimum absolute atomic E-state index is 0.146. The summed E-state index contributed by atoms with van der Waals surface area (Å²) in [6, 6.07) is 14.3. The van der Waals surface area contributed by atoms with Gasteiger partial charge in [-0.3, -0.25) is 10.1 Å². The smallest absolute Gasteiger partial charge is 0.342 e. The van der Waals surface area contributed by atoms with Crippen LogP contribution in [0.25, 0.3) is 20.8 Å². The summed E-state index contributed by atoms with van der Waals surface area (Å²) < 4.78 is 16.8. The van der Waals surface area contributed by atoms with E-state index in [4.69, 9.17) is 13.9 Å². The van der Waals surface area contributed by atoms with Crippen LogP contribution in [0.15, 0.2) is 52.9 Å². The van der Waals surface area contributed by atoms with Crippen LogP contribution in [0.4, 0.5) is 5.88 Å². The number of fused-ring (bicyclic) bond motifs is 1. The zero-order valence-electron chi connectivity index (χ0n) is 16.5. The quantitative estimate of drug-likeness (QED) is 0.460. The first-order valence-corrected chi connectivity index (χ1v) is 9.86. The maximum Gasteiger partial charge on any atom is 0.342 e. The van der Waals surface area contributed by atoms with Gasteiger partial charge in [-0.2, -0.15) is 0 Å². The van der Waals surface area contributed by atoms with Gasteiger partial charge in [0.05, 0.1) is 30.0 Å². The molecule has 7 nitrogen and oxygen atoms in total. The van der Waals surface area contributed by atoms with Crippen LogP contribution in [-0.4, -0.2) is 31.1 Å². The topological polar surface area (TPSA) is 90.7 Å². The number of para-hydroxylation sites is 1. The number of rotatable bonds is 5. The second-order valence-electron chi connectivity index (χ2n) is 6.40. The fourth-order valence-corrected chi connectivity index (χ4v) is 4.10. The molecule has 0 aliphatic carbocycles. The summed E-state index contributed by atoms with van der Waals surface area (Å²) in [4.78, 5) is 29.9. The maximum atomic E-state index is 12.8. The number of carbonyl (C=O) groups excluding carboxylic acids is 2. The molecular formula is C22H18N2O5S. The Balaban J connectivity index is 1.79. The maximum absolute atomic E-state index is 12.8. The van der Waals surface area contributed by atoms with Gasteiger partial charge in [-0.05, 0) is 43.3 Å². The molecule has 0 aliphatic rings. The number of amides is 1. The lowest BCUT2D eigenvalue weighted by atomic mass is 10.1. The summed E-state index contributed by atoms with van der Waals surface area (Å²) in [5, 5.41) is 3.31. The van der Waals surface area contributed by atoms with Crippen LogP contribution < -0.4 is 10.1 Å². The van der Waals surface area contributed by atoms with Crippen molar-refractivity contribution >= 4 is 39.3 Å². The molecule has 0 spiro atoms. The van der Waals surface area contributed by atoms with Gasteiger partial charge in [0.2, 0.25) is 5.88 Å². The molecule has 0 saturated heterocycles. The Morgan fingerprint density at radius 2 is 1.80 bits per heavy atom. The fourth-order valence-electron chi connectivity index (χ4n) is 3.08. The number of nitrogens with one attached hydrogen (secondary N) is 1. The first kappa shape index (κ1) is 19.7. The van der Waals surface area contributed by atoms with Crippen molar-refractivity contribution in [1.29, 1.82) is 0 Å². The Morgan fingerprint density at radius 3 is 2.47 bits per heavy atom. The normalized spacial score (nSPS) is 10.8. The highest BCUT2D eigenvalue weighted by atomic mass is 32.1. The van der Waals surface area contributed by atoms with Crippen LogP contribution >= 0.6 is 11.3 Å². The average molecular weight is 422 g/mol. The number of methoxy groups -OCH3 is 2. The van der Waals surface area contributed by atoms with E-state index in [0.717, 1.165) is 10.2 Å². The second-order valence-corrected chi connectivity index (χ2v) is 7.43. The molecular weight excluding hydrogens is 404 g/mol. The van der Waals surface area contributed by atoms with E-state index in [9.17, 15) is 9.59 Å². The summed E-state index contributed by atoms with van der Waals surface area (Å²) in [5.74, 6) is 0.179. The van der Waals surface area contributed by atoms with Crippen LogP contribution in [0.1, 0.15) is 26.5 Å². The minimum Gasteiger partial charge on any atom is -0.497 e. The molecule has 2 heterocycles. The van der Waals surface area contributed by atoms with E-state index >= 15 is 0 Å². The number of aromatic nitrogens is 1. The Morgan fingerprint density at radius 1 is 1.07 bits per heavy atom. The van der Waals surface area contributed by atoms with E-state index in [1.165, 1.54) is 18.4 Å². The van der Waals surface area contributed by atoms with Crippen molar-refractivity contribution in [3.63, 3.8) is 0 Å². The Kier molecular flexibility index (Phi) is 5.24. The second kappa shape index (κ2) is 8.00. The van der Waals surface area contributed by atoms with Gasteiger partial charge in [-0.25, -0.2) is 9.78 Å². The summed E-state index contributed by atoms with van der Waals surface area (Å²) >= 11 is 1.40. The van der Waals surface area contributed by atoms with Gasteiger partial charge in [0.25, 0.3) is 5.91 Å². The third-order valence-electron chi connectivity index (χ3n) is 4.56. The van der Waals surface area contributed by atoms with E-state index in [-0.39, 0.29) is 17.4 Å². The highest BCUT2D eigenvalue weighted by Crippen LogP contribution is 2.40. The molecule has 0 bridgehead atoms. The van der Waals surface area contributed by atoms with Crippen LogP contribution in [0.2, 0.25) is 0 Å². The van der Waals surface area contributed by atoms with Gasteiger partial charge < -0.3 is 13.9 Å². The number of thiazole rings is 1. The lowest BCUT2D eigenvalue weighted by molar-refractivity contribution is 0.0599. The summed E-state index contributed by atoms with van der Waals surface area (Å²) in [6.07, 6.45) is 0. The molecule has 0 unspecified atom stereocenters. The molecule has 2 aromatic carbocycles. The molecule has 1 N–H and O–H groups in total. The van der Waals surface area contributed by atoms with Crippen molar-refractivity contribution in [1.82, 2.24) is 4.98 Å². The van der Waals surface area contributed by atoms with E-state index < -0.39 is 5.97 Å². The molecule has 1 amide bonds. The number of nitrogens with zero attached hydrogens (tertiary/aromatic N) is 1. The summed E-state index contributed by atoms with van der Waals surface area (Å²) in [6.45, 7) is 1.64. The van der Waals surface area contributed by atoms with E-state index in [1.54, 1.807) is 38.3 Å². The van der Waals surface area contributed by atoms with Gasteiger partial charge in [0.1, 0.15) is 22.1 Å². The first-order valence-electron chi connectivity index (χ1n) is 9.05. The van der Waals surface area contributed by atoms with Gasteiger partial charge in [-0.15, -0.1) is 11.3 Å². The predicted molar refractivity (Wildman–Crippen MR) is 114 cm³/mol. The molecule has 30 heavy (non-hydrogen) atoms. The van der Waals surface area contributed by atoms with Crippen LogP contribution in [-0.2, 0) is 4.74 Å². The standard InChI is InChI=1S/C22H18N2O5S/c1-12-17(22(26)28-3)18(21-23-15-6-4-5-7-16(15)30-21)20(29-12)24-19(25)13-8-10-14(27-2)11-9-13/h4-11H,1-3H3,(H,24,25). The van der Waals surface area contributed by atoms with Gasteiger partial charge in [0, 0.05) is 5.56 Å². The largest absolute Gasteiger partial charge is 0.497 e. The molecule has 0 fully saturated rings. The number of anilines is 1. The van der Waals surface area contributed by atoms with Crippen molar-refractivity contribution in [2.75, 3.05) is 19.5 Å². The molecule has 152 valence electrons. The molecule has 0 atom stereocenters. The Hall–Kier alpha value is -3.65. The molecule has 8 heteroatoms. The highest BCUT2D eigenvalue weighted by molar-refractivity contribution is 7.21. The lowest BCUT2D eigenvalue weighted by Crippen LogP contribution is -2.12. The lowest BCUT2D eigenvalue weighted by Gasteiger charge is -2.06. The first-order chi connectivity index (χ1) is 14.5. The van der Waals surface area contributed by atoms with Crippen LogP contribution in [0, 0.1) is 6.92 Å². The van der Waals surface area contributed by atoms with Crippen molar-refractivity contribution in [2.24, 2.45) is 0 Å². The van der Waals surface area contributed by atoms with E-state index in [0.29, 0.717) is 27.6 Å². The average Bonchev–Trinajstić information content (AvgIpc) is 3.33. The van der Waals surface area contributed by atoms with Crippen molar-refractivity contribution in [2.45, 2.75) is 6.92 Å². The number of carbonyl (C=O) groups is 2. The Labute approximate surface area is 176 Å². The summed E-state index contributed by atoms with van der Waals surface area (Å²) in [5.41, 5.74) is 1.85. The number of ether oxygens (including phenoxy) is 2. The van der Waals surface area contributed by atoms with Crippen molar-refractivity contribution < 1.29 is 23.5 Å². The van der Waals surface area contributed by atoms with Gasteiger partial charge >= 0.3 is 5.97 Å². The highest BCUT2D eigenvalue weighted by Gasteiger charge is 2.29. The SMILES string of the molecule is COC(=O)c1c(C)oc(NC(=O)c2ccc(OC)cc2)c1-c1nc2ccccc2s1. The third kappa shape index (κ3) is 3.53. The number of benzene rings is 2. The molecule has 0 aliphatic heterocycles. The summed E-state index contributed by atoms with van der Waals surface area (Å²) in [7, 11) is 2.85. The molecule has 4 rings (SSSR count). The molecule has 0 saturated carbocycles. The van der Waals surface area contributed by atoms with Gasteiger partial charge in [0.15, 0.2) is 0 Å². The van der Waals surface area contributed by atoms with E-state index in [2.05, 4.69) is 10.3 Å². The number of hydrogen-bond acceptors (Lipinski definition) is 7. The Bertz CT molecular complexity index is 1210. The van der Waals surface area contributed by atoms with Crippen LogP contribution in [0.3, 0.4) is 0 Å². The minimum atomic E-state index is -0.560. The number of aryl methyl sites for hydroxylation is 1. The molecule has 0 radical (unpaired) electrons. The zero-order valence-corrected chi connectivity index (χ0v) is 17.3. The number of esters is 1. The van der Waals surface area contributed by atoms with Gasteiger partial charge in [-0.1, -0.05) is 12.1 Å². The van der Waals surface area contributed by atoms with Crippen molar-refractivity contribution in [3.05, 3.63) is 65.4 Å². The monoisotopic (exact) mass is 422 g/mol. The fraction of sp³-hybridized carbons (Fsp3) is 0.136. The molecule has 2 aromatic heterocycles.